The lowest BCUT2D eigenvalue weighted by molar-refractivity contribution is -0.148. The van der Waals surface area contributed by atoms with Crippen LogP contribution in [-0.4, -0.2) is 42.1 Å². The summed E-state index contributed by atoms with van der Waals surface area (Å²) in [6.45, 7) is 5.97. The third-order valence-electron chi connectivity index (χ3n) is 8.68. The summed E-state index contributed by atoms with van der Waals surface area (Å²) in [6.07, 6.45) is 9.19. The topological polar surface area (TPSA) is 66.8 Å². The zero-order valence-electron chi connectivity index (χ0n) is 18.4. The molecule has 29 heavy (non-hydrogen) atoms. The molecular weight excluding hydrogens is 366 g/mol. The minimum Gasteiger partial charge on any atom is -0.431 e. The molecule has 0 aromatic carbocycles. The van der Waals surface area contributed by atoms with Crippen LogP contribution in [0.25, 0.3) is 0 Å². The molecule has 5 heteroatoms. The van der Waals surface area contributed by atoms with E-state index in [2.05, 4.69) is 19.9 Å². The summed E-state index contributed by atoms with van der Waals surface area (Å²) in [6, 6.07) is 0. The highest BCUT2D eigenvalue weighted by atomic mass is 16.5. The Morgan fingerprint density at radius 1 is 1.24 bits per heavy atom. The molecule has 2 fully saturated rings. The number of allylic oxidation sites excluding steroid dienone is 4. The fourth-order valence-electron chi connectivity index (χ4n) is 7.42. The largest absolute Gasteiger partial charge is 0.431 e. The van der Waals surface area contributed by atoms with Gasteiger partial charge in [-0.05, 0) is 72.3 Å². The van der Waals surface area contributed by atoms with Crippen LogP contribution >= 0.6 is 0 Å². The lowest BCUT2D eigenvalue weighted by atomic mass is 9.47. The summed E-state index contributed by atoms with van der Waals surface area (Å²) in [5.74, 6) is 1.77. The smallest absolute Gasteiger partial charge is 0.307 e. The lowest BCUT2D eigenvalue weighted by Gasteiger charge is -2.58. The maximum absolute atomic E-state index is 12.9. The SMILES string of the molecule is CC(=O)OC1=CC2=CCC3[C@H]([C@@H](O)C[C@]4(C)[C@@H](C(=O)N(C)C)CC[C@@H]34)[C@@]2(C)CC1. The molecule has 0 aliphatic heterocycles. The predicted molar refractivity (Wildman–Crippen MR) is 111 cm³/mol. The molecule has 7 atom stereocenters. The van der Waals surface area contributed by atoms with E-state index in [0.717, 1.165) is 37.9 Å². The average Bonchev–Trinajstić information content (AvgIpc) is 2.97. The third-order valence-corrected chi connectivity index (χ3v) is 8.68. The van der Waals surface area contributed by atoms with Crippen molar-refractivity contribution in [3.63, 3.8) is 0 Å². The molecule has 2 saturated carbocycles. The maximum Gasteiger partial charge on any atom is 0.307 e. The van der Waals surface area contributed by atoms with Gasteiger partial charge in [0.25, 0.3) is 0 Å². The van der Waals surface area contributed by atoms with Crippen LogP contribution in [0.5, 0.6) is 0 Å². The fraction of sp³-hybridized carbons (Fsp3) is 0.750. The zero-order valence-corrected chi connectivity index (χ0v) is 18.4. The highest BCUT2D eigenvalue weighted by molar-refractivity contribution is 5.79. The van der Waals surface area contributed by atoms with Gasteiger partial charge in [-0.3, -0.25) is 9.59 Å². The molecule has 4 rings (SSSR count). The van der Waals surface area contributed by atoms with Gasteiger partial charge in [0, 0.05) is 33.4 Å². The van der Waals surface area contributed by atoms with E-state index < -0.39 is 6.10 Å². The summed E-state index contributed by atoms with van der Waals surface area (Å²) < 4.78 is 5.37. The Morgan fingerprint density at radius 3 is 2.62 bits per heavy atom. The van der Waals surface area contributed by atoms with Gasteiger partial charge in [0.05, 0.1) is 6.10 Å². The van der Waals surface area contributed by atoms with Crippen LogP contribution in [0.2, 0.25) is 0 Å². The van der Waals surface area contributed by atoms with Crippen molar-refractivity contribution in [3.05, 3.63) is 23.5 Å². The van der Waals surface area contributed by atoms with E-state index >= 15 is 0 Å². The Balaban J connectivity index is 1.66. The maximum atomic E-state index is 12.9. The van der Waals surface area contributed by atoms with Crippen LogP contribution in [0.3, 0.4) is 0 Å². The quantitative estimate of drug-likeness (QED) is 0.717. The number of aliphatic hydroxyl groups excluding tert-OH is 1. The van der Waals surface area contributed by atoms with Crippen molar-refractivity contribution < 1.29 is 19.4 Å². The number of carbonyl (C=O) groups is 2. The summed E-state index contributed by atoms with van der Waals surface area (Å²) in [4.78, 5) is 26.0. The first-order chi connectivity index (χ1) is 13.6. The van der Waals surface area contributed by atoms with Gasteiger partial charge >= 0.3 is 5.97 Å². The van der Waals surface area contributed by atoms with Crippen LogP contribution in [-0.2, 0) is 14.3 Å². The number of esters is 1. The number of rotatable bonds is 2. The lowest BCUT2D eigenvalue weighted by Crippen LogP contribution is -2.56. The molecule has 0 radical (unpaired) electrons. The van der Waals surface area contributed by atoms with Gasteiger partial charge < -0.3 is 14.7 Å². The van der Waals surface area contributed by atoms with E-state index in [-0.39, 0.29) is 34.5 Å². The minimum atomic E-state index is -0.408. The summed E-state index contributed by atoms with van der Waals surface area (Å²) in [5, 5.41) is 11.4. The van der Waals surface area contributed by atoms with E-state index in [1.165, 1.54) is 12.5 Å². The molecule has 0 spiro atoms. The van der Waals surface area contributed by atoms with Gasteiger partial charge in [0.2, 0.25) is 5.91 Å². The number of amides is 1. The number of hydrogen-bond acceptors (Lipinski definition) is 4. The Hall–Kier alpha value is -1.62. The van der Waals surface area contributed by atoms with E-state index in [4.69, 9.17) is 4.74 Å². The predicted octanol–water partition coefficient (Wildman–Crippen LogP) is 3.68. The molecule has 0 bridgehead atoms. The van der Waals surface area contributed by atoms with Crippen LogP contribution in [0.4, 0.5) is 0 Å². The second kappa shape index (κ2) is 6.97. The minimum absolute atomic E-state index is 0.0121. The van der Waals surface area contributed by atoms with Gasteiger partial charge in [-0.25, -0.2) is 0 Å². The number of fused-ring (bicyclic) bond motifs is 5. The fourth-order valence-corrected chi connectivity index (χ4v) is 7.42. The van der Waals surface area contributed by atoms with Gasteiger partial charge in [0.1, 0.15) is 5.76 Å². The number of nitrogens with zero attached hydrogens (tertiary/aromatic N) is 1. The molecule has 5 nitrogen and oxygen atoms in total. The van der Waals surface area contributed by atoms with Crippen LogP contribution in [0.15, 0.2) is 23.5 Å². The van der Waals surface area contributed by atoms with Crippen LogP contribution < -0.4 is 0 Å². The van der Waals surface area contributed by atoms with Crippen molar-refractivity contribution in [2.45, 2.75) is 65.4 Å². The molecule has 160 valence electrons. The molecular formula is C24H35NO4. The van der Waals surface area contributed by atoms with Gasteiger partial charge in [0.15, 0.2) is 0 Å². The summed E-state index contributed by atoms with van der Waals surface area (Å²) in [5.41, 5.74) is 0.983. The molecule has 0 aromatic heterocycles. The Morgan fingerprint density at radius 2 is 1.97 bits per heavy atom. The molecule has 0 saturated heterocycles. The number of aliphatic hydroxyl groups is 1. The third kappa shape index (κ3) is 3.08. The number of ether oxygens (including phenoxy) is 1. The van der Waals surface area contributed by atoms with Crippen molar-refractivity contribution in [2.24, 2.45) is 34.5 Å². The first kappa shape index (κ1) is 20.6. The molecule has 1 N–H and O–H groups in total. The molecule has 1 amide bonds. The van der Waals surface area contributed by atoms with Crippen molar-refractivity contribution >= 4 is 11.9 Å². The first-order valence-corrected chi connectivity index (χ1v) is 11.1. The first-order valence-electron chi connectivity index (χ1n) is 11.1. The Kier molecular flexibility index (Phi) is 4.96. The Bertz CT molecular complexity index is 784. The van der Waals surface area contributed by atoms with E-state index in [1.54, 1.807) is 4.90 Å². The number of hydrogen-bond donors (Lipinski definition) is 1. The second-order valence-corrected chi connectivity index (χ2v) is 10.5. The van der Waals surface area contributed by atoms with E-state index in [0.29, 0.717) is 18.3 Å². The van der Waals surface area contributed by atoms with Crippen molar-refractivity contribution in [1.29, 1.82) is 0 Å². The molecule has 1 unspecified atom stereocenters. The van der Waals surface area contributed by atoms with Gasteiger partial charge in [-0.15, -0.1) is 0 Å². The van der Waals surface area contributed by atoms with Crippen LogP contribution in [0, 0.1) is 34.5 Å². The summed E-state index contributed by atoms with van der Waals surface area (Å²) in [7, 11) is 3.68. The molecule has 4 aliphatic carbocycles. The van der Waals surface area contributed by atoms with E-state index in [9.17, 15) is 14.7 Å². The van der Waals surface area contributed by atoms with Crippen molar-refractivity contribution in [1.82, 2.24) is 4.90 Å². The molecule has 4 aliphatic rings. The van der Waals surface area contributed by atoms with Crippen molar-refractivity contribution in [2.75, 3.05) is 14.1 Å². The average molecular weight is 402 g/mol. The van der Waals surface area contributed by atoms with Crippen molar-refractivity contribution in [3.8, 4) is 0 Å². The van der Waals surface area contributed by atoms with Crippen LogP contribution in [0.1, 0.15) is 59.3 Å². The standard InChI is InChI=1S/C24H35NO4/c1-14(26)29-16-10-11-23(2)15(12-16)6-7-17-18-8-9-19(22(28)25(4)5)24(18,3)13-20(27)21(17)23/h6,12,17-21,27H,7-11,13H2,1-5H3/t17?,18-,19+,20-,21+,23-,24-/m0/s1. The Labute approximate surface area is 174 Å². The van der Waals surface area contributed by atoms with Gasteiger partial charge in [-0.1, -0.05) is 19.9 Å². The molecule has 0 aromatic rings. The molecule has 0 heterocycles. The number of carbonyl (C=O) groups excluding carboxylic acids is 2. The summed E-state index contributed by atoms with van der Waals surface area (Å²) >= 11 is 0. The van der Waals surface area contributed by atoms with Gasteiger partial charge in [-0.2, -0.15) is 0 Å². The highest BCUT2D eigenvalue weighted by Crippen LogP contribution is 2.66. The van der Waals surface area contributed by atoms with E-state index in [1.807, 2.05) is 20.2 Å². The normalized spacial score (nSPS) is 43.3. The zero-order chi connectivity index (χ0) is 21.1. The monoisotopic (exact) mass is 401 g/mol. The second-order valence-electron chi connectivity index (χ2n) is 10.5. The highest BCUT2D eigenvalue weighted by Gasteiger charge is 2.62.